The molecule has 2 unspecified atom stereocenters. The minimum atomic E-state index is -4.07. The van der Waals surface area contributed by atoms with Crippen LogP contribution in [0, 0.1) is 0 Å². The maximum atomic E-state index is 8.14. The van der Waals surface area contributed by atoms with Crippen molar-refractivity contribution < 1.29 is 17.9 Å². The number of halogens is 2. The Labute approximate surface area is 321 Å². The van der Waals surface area contributed by atoms with Gasteiger partial charge in [-0.3, -0.25) is 0 Å². The molecule has 0 N–H and O–H groups in total. The number of rotatable bonds is 18. The molecule has 0 saturated carbocycles. The van der Waals surface area contributed by atoms with Crippen LogP contribution in [0.4, 0.5) is 0 Å². The molecule has 6 rings (SSSR count). The van der Waals surface area contributed by atoms with E-state index in [9.17, 15) is 0 Å². The molecule has 268 valence electrons. The third-order valence-electron chi connectivity index (χ3n) is 11.3. The van der Waals surface area contributed by atoms with Crippen molar-refractivity contribution in [3.63, 3.8) is 0 Å². The van der Waals surface area contributed by atoms with Crippen LogP contribution in [-0.2, 0) is 30.7 Å². The van der Waals surface area contributed by atoms with Crippen molar-refractivity contribution in [1.29, 1.82) is 0 Å². The quantitative estimate of drug-likeness (QED) is 0.0880. The van der Waals surface area contributed by atoms with Gasteiger partial charge in [0, 0.05) is 0 Å². The van der Waals surface area contributed by atoms with Gasteiger partial charge in [-0.25, -0.2) is 0 Å². The van der Waals surface area contributed by atoms with E-state index in [2.05, 4.69) is 125 Å². The molecule has 0 amide bonds. The second kappa shape index (κ2) is 18.2. The molecule has 4 aromatic carbocycles. The van der Waals surface area contributed by atoms with Gasteiger partial charge in [-0.2, -0.15) is 0 Å². The average molecular weight is 797 g/mol. The van der Waals surface area contributed by atoms with Gasteiger partial charge in [-0.1, -0.05) is 26.7 Å². The van der Waals surface area contributed by atoms with Crippen LogP contribution in [0.2, 0.25) is 0 Å². The molecule has 3 heteroatoms. The first-order valence-electron chi connectivity index (χ1n) is 20.1. The Hall–Kier alpha value is -2.18. The number of aryl methyl sites for hydroxylation is 2. The molecular weight excluding hydrogens is 739 g/mol. The molecule has 2 atom stereocenters. The van der Waals surface area contributed by atoms with Gasteiger partial charge in [0.2, 0.25) is 0 Å². The Morgan fingerprint density at radius 1 is 0.451 bits per heavy atom. The van der Waals surface area contributed by atoms with Crippen LogP contribution in [0.25, 0.3) is 34.4 Å². The molecule has 0 fully saturated rings. The van der Waals surface area contributed by atoms with E-state index in [1.807, 2.05) is 0 Å². The molecule has 2 aliphatic rings. The van der Waals surface area contributed by atoms with Crippen molar-refractivity contribution >= 4 is 29.2 Å². The maximum absolute atomic E-state index is 8.14. The van der Waals surface area contributed by atoms with Crippen molar-refractivity contribution in [3.05, 3.63) is 129 Å². The first kappa shape index (κ1) is 38.5. The van der Waals surface area contributed by atoms with E-state index >= 15 is 0 Å². The summed E-state index contributed by atoms with van der Waals surface area (Å²) < 4.78 is 0.254. The molecule has 4 aromatic rings. The van der Waals surface area contributed by atoms with Crippen molar-refractivity contribution in [3.8, 4) is 22.3 Å². The molecule has 0 aromatic heterocycles. The Morgan fingerprint density at radius 3 is 1.24 bits per heavy atom. The van der Waals surface area contributed by atoms with E-state index in [0.717, 1.165) is 38.5 Å². The van der Waals surface area contributed by atoms with Crippen LogP contribution in [-0.4, -0.2) is 0 Å². The summed E-state index contributed by atoms with van der Waals surface area (Å²) in [5.74, 6) is 0. The topological polar surface area (TPSA) is 0 Å². The van der Waals surface area contributed by atoms with E-state index in [1.54, 1.807) is 0 Å². The molecule has 0 saturated heterocycles. The van der Waals surface area contributed by atoms with Crippen LogP contribution in [0.15, 0.2) is 96.1 Å². The molecule has 0 radical (unpaired) electrons. The summed E-state index contributed by atoms with van der Waals surface area (Å²) in [4.78, 5) is 0. The summed E-state index contributed by atoms with van der Waals surface area (Å²) in [5, 5.41) is 0. The molecule has 0 nitrogen and oxygen atoms in total. The van der Waals surface area contributed by atoms with Gasteiger partial charge in [0.1, 0.15) is 0 Å². The number of allylic oxidation sites excluding steroid dienone is 2. The fourth-order valence-electron chi connectivity index (χ4n) is 8.73. The Kier molecular flexibility index (Phi) is 13.8. The summed E-state index contributed by atoms with van der Waals surface area (Å²) in [6.45, 7) is 9.13. The average Bonchev–Trinajstić information content (AvgIpc) is 3.72. The van der Waals surface area contributed by atoms with Crippen LogP contribution >= 0.6 is 17.0 Å². The van der Waals surface area contributed by atoms with Crippen LogP contribution in [0.5, 0.6) is 0 Å². The van der Waals surface area contributed by atoms with Crippen molar-refractivity contribution in [2.45, 2.75) is 125 Å². The summed E-state index contributed by atoms with van der Waals surface area (Å²) in [6.07, 6.45) is 21.9. The molecular formula is C48H58Cl2Zr. The first-order valence-corrected chi connectivity index (χ1v) is 29.3. The van der Waals surface area contributed by atoms with Gasteiger partial charge in [0.05, 0.1) is 0 Å². The van der Waals surface area contributed by atoms with Crippen molar-refractivity contribution in [2.24, 2.45) is 0 Å². The summed E-state index contributed by atoms with van der Waals surface area (Å²) >= 11 is -4.07. The monoisotopic (exact) mass is 794 g/mol. The first-order chi connectivity index (χ1) is 24.9. The zero-order chi connectivity index (χ0) is 35.8. The Bertz CT molecular complexity index is 1680. The van der Waals surface area contributed by atoms with Crippen molar-refractivity contribution in [1.82, 2.24) is 0 Å². The number of unbranched alkanes of at least 4 members (excludes halogenated alkanes) is 6. The normalized spacial score (nSPS) is 16.6. The predicted molar refractivity (Wildman–Crippen MR) is 222 cm³/mol. The SMILES string of the molecule is CCCCCCc1ccc(-c2cccc3c2C=C(CCC)[CH]3[Zr]([Cl])([Cl])[CH]2C(CCC)=Cc3c(-c4ccc(CCCCCC)cc4)cccc32)cc1. The van der Waals surface area contributed by atoms with Gasteiger partial charge in [0.15, 0.2) is 0 Å². The van der Waals surface area contributed by atoms with Crippen molar-refractivity contribution in [2.75, 3.05) is 0 Å². The molecule has 2 aliphatic carbocycles. The number of hydrogen-bond acceptors (Lipinski definition) is 0. The van der Waals surface area contributed by atoms with Crippen LogP contribution < -0.4 is 0 Å². The molecule has 0 bridgehead atoms. The number of hydrogen-bond donors (Lipinski definition) is 0. The van der Waals surface area contributed by atoms with Gasteiger partial charge in [0.25, 0.3) is 0 Å². The van der Waals surface area contributed by atoms with Crippen LogP contribution in [0.3, 0.4) is 0 Å². The van der Waals surface area contributed by atoms with E-state index in [-0.39, 0.29) is 7.25 Å². The van der Waals surface area contributed by atoms with E-state index in [1.165, 1.54) is 118 Å². The Balaban J connectivity index is 1.33. The summed E-state index contributed by atoms with van der Waals surface area (Å²) in [5.41, 5.74) is 16.4. The third kappa shape index (κ3) is 8.64. The standard InChI is InChI=1S/2C24H29.2ClH.Zr/c2*1-3-5-6-7-10-19-13-15-21(16-14-19)23-12-8-11-22-17-20(9-4-2)18-24(22)23;;;/h2*8,11-18H,3-7,9-10H2,1-2H3;2*1H;/q;;;;+2/p-2. The fourth-order valence-corrected chi connectivity index (χ4v) is 22.5. The van der Waals surface area contributed by atoms with E-state index in [4.69, 9.17) is 17.0 Å². The zero-order valence-corrected chi connectivity index (χ0v) is 35.5. The fraction of sp³-hybridized carbons (Fsp3) is 0.417. The molecule has 0 spiro atoms. The second-order valence-corrected chi connectivity index (χ2v) is 29.8. The van der Waals surface area contributed by atoms with Gasteiger partial charge >= 0.3 is 297 Å². The predicted octanol–water partition coefficient (Wildman–Crippen LogP) is 15.9. The number of fused-ring (bicyclic) bond motifs is 2. The molecule has 0 heterocycles. The van der Waals surface area contributed by atoms with E-state index < -0.39 is 17.9 Å². The van der Waals surface area contributed by atoms with Gasteiger partial charge in [-0.15, -0.1) is 0 Å². The summed E-state index contributed by atoms with van der Waals surface area (Å²) in [7, 11) is 16.3. The van der Waals surface area contributed by atoms with Crippen LogP contribution in [0.1, 0.15) is 145 Å². The molecule has 0 aliphatic heterocycles. The molecule has 51 heavy (non-hydrogen) atoms. The second-order valence-electron chi connectivity index (χ2n) is 15.1. The minimum absolute atomic E-state index is 0.127. The van der Waals surface area contributed by atoms with Gasteiger partial charge in [-0.05, 0) is 0 Å². The third-order valence-corrected chi connectivity index (χ3v) is 23.6. The van der Waals surface area contributed by atoms with Gasteiger partial charge < -0.3 is 0 Å². The Morgan fingerprint density at radius 2 is 0.863 bits per heavy atom. The van der Waals surface area contributed by atoms with E-state index in [0.29, 0.717) is 0 Å². The number of benzene rings is 4. The summed E-state index contributed by atoms with van der Waals surface area (Å²) in [6, 6.07) is 32.4. The zero-order valence-electron chi connectivity index (χ0n) is 31.5.